The fraction of sp³-hybridized carbons (Fsp3) is 0.333. The van der Waals surface area contributed by atoms with Crippen molar-refractivity contribution in [2.75, 3.05) is 0 Å². The van der Waals surface area contributed by atoms with E-state index in [4.69, 9.17) is 10.8 Å². The minimum atomic E-state index is -0.975. The molecule has 21 heavy (non-hydrogen) atoms. The Morgan fingerprint density at radius 2 is 2.10 bits per heavy atom. The zero-order valence-corrected chi connectivity index (χ0v) is 13.6. The first-order valence-corrected chi connectivity index (χ1v) is 8.39. The van der Waals surface area contributed by atoms with Crippen molar-refractivity contribution in [2.24, 2.45) is 5.73 Å². The van der Waals surface area contributed by atoms with Gasteiger partial charge >= 0.3 is 5.97 Å². The van der Waals surface area contributed by atoms with Gasteiger partial charge < -0.3 is 10.8 Å². The number of aromatic nitrogens is 1. The third-order valence-corrected chi connectivity index (χ3v) is 5.65. The number of aliphatic carboxylic acids is 1. The van der Waals surface area contributed by atoms with Crippen molar-refractivity contribution in [1.82, 2.24) is 4.98 Å². The molecule has 0 saturated heterocycles. The number of carboxylic acid groups (broad SMARTS) is 1. The number of carbonyl (C=O) groups is 1. The number of thiazole rings is 1. The van der Waals surface area contributed by atoms with Crippen LogP contribution in [0.15, 0.2) is 35.7 Å². The molecule has 112 valence electrons. The van der Waals surface area contributed by atoms with Crippen molar-refractivity contribution in [2.45, 2.75) is 30.4 Å². The van der Waals surface area contributed by atoms with E-state index in [1.54, 1.807) is 11.3 Å². The van der Waals surface area contributed by atoms with Gasteiger partial charge in [0.15, 0.2) is 0 Å². The normalized spacial score (nSPS) is 13.1. The number of benzene rings is 1. The standard InChI is InChI=1S/C15H18N2O2S2/c1-15(2,13(16)14(18)19)21-9-12-17-11(8-20-12)10-6-4-3-5-7-10/h3-8,13H,9,16H2,1-2H3,(H,18,19). The lowest BCUT2D eigenvalue weighted by Gasteiger charge is -2.27. The first kappa shape index (κ1) is 16.0. The van der Waals surface area contributed by atoms with Crippen LogP contribution in [-0.4, -0.2) is 26.8 Å². The minimum Gasteiger partial charge on any atom is -0.480 e. The average molecular weight is 322 g/mol. The van der Waals surface area contributed by atoms with Crippen LogP contribution < -0.4 is 5.73 Å². The highest BCUT2D eigenvalue weighted by molar-refractivity contribution is 8.00. The van der Waals surface area contributed by atoms with Gasteiger partial charge in [-0.05, 0) is 13.8 Å². The quantitative estimate of drug-likeness (QED) is 0.854. The molecule has 0 bridgehead atoms. The van der Waals surface area contributed by atoms with E-state index in [2.05, 4.69) is 4.98 Å². The van der Waals surface area contributed by atoms with Gasteiger partial charge in [-0.25, -0.2) is 4.98 Å². The maximum Gasteiger partial charge on any atom is 0.321 e. The van der Waals surface area contributed by atoms with E-state index < -0.39 is 16.8 Å². The molecule has 1 aromatic carbocycles. The van der Waals surface area contributed by atoms with Crippen molar-refractivity contribution in [3.63, 3.8) is 0 Å². The van der Waals surface area contributed by atoms with Crippen molar-refractivity contribution < 1.29 is 9.90 Å². The first-order chi connectivity index (χ1) is 9.90. The largest absolute Gasteiger partial charge is 0.480 e. The Balaban J connectivity index is 2.02. The Labute approximate surface area is 132 Å². The lowest BCUT2D eigenvalue weighted by molar-refractivity contribution is -0.139. The summed E-state index contributed by atoms with van der Waals surface area (Å²) in [5.74, 6) is -0.317. The molecule has 2 rings (SSSR count). The highest BCUT2D eigenvalue weighted by Crippen LogP contribution is 2.32. The van der Waals surface area contributed by atoms with E-state index in [-0.39, 0.29) is 0 Å². The Morgan fingerprint density at radius 3 is 2.71 bits per heavy atom. The SMILES string of the molecule is CC(C)(SCc1nc(-c2ccccc2)cs1)C(N)C(=O)O. The predicted molar refractivity (Wildman–Crippen MR) is 88.5 cm³/mol. The molecule has 0 aliphatic heterocycles. The fourth-order valence-electron chi connectivity index (χ4n) is 1.75. The van der Waals surface area contributed by atoms with Crippen molar-refractivity contribution in [3.05, 3.63) is 40.7 Å². The molecule has 6 heteroatoms. The summed E-state index contributed by atoms with van der Waals surface area (Å²) >= 11 is 3.10. The Hall–Kier alpha value is -1.37. The van der Waals surface area contributed by atoms with Crippen LogP contribution in [0.2, 0.25) is 0 Å². The van der Waals surface area contributed by atoms with Crippen LogP contribution in [0.1, 0.15) is 18.9 Å². The van der Waals surface area contributed by atoms with Crippen LogP contribution in [0.4, 0.5) is 0 Å². The number of hydrogen-bond acceptors (Lipinski definition) is 5. The molecule has 4 nitrogen and oxygen atoms in total. The molecule has 3 N–H and O–H groups in total. The topological polar surface area (TPSA) is 76.2 Å². The molecule has 2 aromatic rings. The third kappa shape index (κ3) is 4.06. The van der Waals surface area contributed by atoms with Crippen LogP contribution in [0.5, 0.6) is 0 Å². The minimum absolute atomic E-state index is 0.537. The summed E-state index contributed by atoms with van der Waals surface area (Å²) in [7, 11) is 0. The third-order valence-electron chi connectivity index (χ3n) is 3.20. The van der Waals surface area contributed by atoms with Crippen LogP contribution in [0, 0.1) is 0 Å². The molecule has 1 heterocycles. The molecule has 0 aliphatic carbocycles. The summed E-state index contributed by atoms with van der Waals surface area (Å²) in [6.45, 7) is 3.70. The van der Waals surface area contributed by atoms with Gasteiger partial charge in [0.1, 0.15) is 11.0 Å². The summed E-state index contributed by atoms with van der Waals surface area (Å²) in [5, 5.41) is 12.0. The molecule has 0 amide bonds. The molecular weight excluding hydrogens is 304 g/mol. The fourth-order valence-corrected chi connectivity index (χ4v) is 3.63. The van der Waals surface area contributed by atoms with Gasteiger partial charge in [-0.1, -0.05) is 30.3 Å². The summed E-state index contributed by atoms with van der Waals surface area (Å²) in [6.07, 6.45) is 0. The van der Waals surface area contributed by atoms with Crippen LogP contribution in [0.25, 0.3) is 11.3 Å². The zero-order chi connectivity index (χ0) is 15.5. The molecule has 0 radical (unpaired) electrons. The molecule has 0 spiro atoms. The van der Waals surface area contributed by atoms with Crippen molar-refractivity contribution in [1.29, 1.82) is 0 Å². The van der Waals surface area contributed by atoms with Gasteiger partial charge in [0.05, 0.1) is 5.69 Å². The molecule has 1 aromatic heterocycles. The Bertz CT molecular complexity index is 611. The molecule has 0 aliphatic rings. The van der Waals surface area contributed by atoms with Crippen molar-refractivity contribution in [3.8, 4) is 11.3 Å². The van der Waals surface area contributed by atoms with Gasteiger partial charge in [0.2, 0.25) is 0 Å². The van der Waals surface area contributed by atoms with Crippen LogP contribution in [0.3, 0.4) is 0 Å². The van der Waals surface area contributed by atoms with Gasteiger partial charge in [-0.2, -0.15) is 0 Å². The second kappa shape index (κ2) is 6.60. The molecule has 0 fully saturated rings. The zero-order valence-electron chi connectivity index (χ0n) is 11.9. The molecule has 1 unspecified atom stereocenters. The molecule has 0 saturated carbocycles. The number of rotatable bonds is 6. The Morgan fingerprint density at radius 1 is 1.43 bits per heavy atom. The second-order valence-electron chi connectivity index (χ2n) is 5.20. The number of nitrogens with two attached hydrogens (primary N) is 1. The van der Waals surface area contributed by atoms with E-state index in [0.717, 1.165) is 16.3 Å². The first-order valence-electron chi connectivity index (χ1n) is 6.52. The highest BCUT2D eigenvalue weighted by Gasteiger charge is 2.32. The van der Waals surface area contributed by atoms with Gasteiger partial charge in [-0.15, -0.1) is 23.1 Å². The van der Waals surface area contributed by atoms with Gasteiger partial charge in [0, 0.05) is 21.4 Å². The molecular formula is C15H18N2O2S2. The number of hydrogen-bond donors (Lipinski definition) is 2. The summed E-state index contributed by atoms with van der Waals surface area (Å²) < 4.78 is -0.537. The average Bonchev–Trinajstić information content (AvgIpc) is 2.94. The van der Waals surface area contributed by atoms with E-state index in [1.807, 2.05) is 49.6 Å². The molecule has 1 atom stereocenters. The summed E-state index contributed by atoms with van der Waals surface area (Å²) in [4.78, 5) is 15.6. The van der Waals surface area contributed by atoms with Gasteiger partial charge in [0.25, 0.3) is 0 Å². The maximum absolute atomic E-state index is 11.0. The highest BCUT2D eigenvalue weighted by atomic mass is 32.2. The second-order valence-corrected chi connectivity index (χ2v) is 7.77. The van der Waals surface area contributed by atoms with Crippen LogP contribution >= 0.6 is 23.1 Å². The Kier molecular flexibility index (Phi) is 5.03. The monoisotopic (exact) mass is 322 g/mol. The lowest BCUT2D eigenvalue weighted by atomic mass is 10.1. The van der Waals surface area contributed by atoms with E-state index in [0.29, 0.717) is 5.75 Å². The van der Waals surface area contributed by atoms with E-state index >= 15 is 0 Å². The van der Waals surface area contributed by atoms with E-state index in [1.165, 1.54) is 11.8 Å². The number of carboxylic acids is 1. The lowest BCUT2D eigenvalue weighted by Crippen LogP contribution is -2.46. The van der Waals surface area contributed by atoms with Crippen LogP contribution in [-0.2, 0) is 10.5 Å². The van der Waals surface area contributed by atoms with E-state index in [9.17, 15) is 4.79 Å². The van der Waals surface area contributed by atoms with Gasteiger partial charge in [-0.3, -0.25) is 4.79 Å². The number of thioether (sulfide) groups is 1. The maximum atomic E-state index is 11.0. The smallest absolute Gasteiger partial charge is 0.321 e. The predicted octanol–water partition coefficient (Wildman–Crippen LogP) is 3.23. The van der Waals surface area contributed by atoms with Crippen molar-refractivity contribution >= 4 is 29.1 Å². The summed E-state index contributed by atoms with van der Waals surface area (Å²) in [5.41, 5.74) is 7.76. The number of nitrogens with zero attached hydrogens (tertiary/aromatic N) is 1. The summed E-state index contributed by atoms with van der Waals surface area (Å²) in [6, 6.07) is 9.10.